The summed E-state index contributed by atoms with van der Waals surface area (Å²) in [7, 11) is 0. The number of amides is 2. The van der Waals surface area contributed by atoms with E-state index in [1.54, 1.807) is 11.0 Å². The van der Waals surface area contributed by atoms with Crippen molar-refractivity contribution in [3.8, 4) is 0 Å². The highest BCUT2D eigenvalue weighted by Crippen LogP contribution is 1.96. The molecule has 8 nitrogen and oxygen atoms in total. The molecule has 2 atom stereocenters. The Hall–Kier alpha value is -1.45. The van der Waals surface area contributed by atoms with Gasteiger partial charge in [0.1, 0.15) is 0 Å². The molecule has 2 unspecified atom stereocenters. The van der Waals surface area contributed by atoms with Gasteiger partial charge in [-0.2, -0.15) is 0 Å². The third-order valence-electron chi connectivity index (χ3n) is 3.53. The maximum absolute atomic E-state index is 11.3. The first-order valence-electron chi connectivity index (χ1n) is 8.64. The first-order valence-corrected chi connectivity index (χ1v) is 8.64. The Morgan fingerprint density at radius 1 is 1.24 bits per heavy atom. The Labute approximate surface area is 149 Å². The minimum absolute atomic E-state index is 0.0325. The van der Waals surface area contributed by atoms with Crippen LogP contribution in [0.2, 0.25) is 0 Å². The van der Waals surface area contributed by atoms with E-state index in [0.29, 0.717) is 45.8 Å². The van der Waals surface area contributed by atoms with Gasteiger partial charge in [-0.1, -0.05) is 18.2 Å². The van der Waals surface area contributed by atoms with Crippen LogP contribution in [-0.2, 0) is 9.47 Å². The molecule has 1 rings (SSSR count). The van der Waals surface area contributed by atoms with Gasteiger partial charge in [-0.25, -0.2) is 4.79 Å². The predicted molar refractivity (Wildman–Crippen MR) is 95.4 cm³/mol. The number of urea groups is 1. The smallest absolute Gasteiger partial charge is 0.317 e. The van der Waals surface area contributed by atoms with Crippen molar-refractivity contribution < 1.29 is 24.5 Å². The third-order valence-corrected chi connectivity index (χ3v) is 3.53. The first kappa shape index (κ1) is 21.6. The van der Waals surface area contributed by atoms with Crippen LogP contribution in [0.1, 0.15) is 6.42 Å². The molecule has 0 bridgehead atoms. The minimum atomic E-state index is -0.598. The van der Waals surface area contributed by atoms with E-state index >= 15 is 0 Å². The number of rotatable bonds is 15. The van der Waals surface area contributed by atoms with E-state index in [-0.39, 0.29) is 19.2 Å². The van der Waals surface area contributed by atoms with Crippen molar-refractivity contribution >= 4 is 6.03 Å². The Morgan fingerprint density at radius 3 is 2.72 bits per heavy atom. The zero-order valence-electron chi connectivity index (χ0n) is 14.7. The van der Waals surface area contributed by atoms with Crippen molar-refractivity contribution in [1.29, 1.82) is 0 Å². The number of nitrogens with one attached hydrogen (secondary N) is 2. The average Bonchev–Trinajstić information content (AvgIpc) is 3.00. The molecule has 4 N–H and O–H groups in total. The van der Waals surface area contributed by atoms with Gasteiger partial charge < -0.3 is 35.2 Å². The normalized spacial score (nSPS) is 17.0. The van der Waals surface area contributed by atoms with Crippen LogP contribution in [-0.4, -0.2) is 92.5 Å². The lowest BCUT2D eigenvalue weighted by Crippen LogP contribution is -2.38. The summed E-state index contributed by atoms with van der Waals surface area (Å²) in [4.78, 5) is 13.1. The lowest BCUT2D eigenvalue weighted by molar-refractivity contribution is 0.0473. The number of hydrogen-bond donors (Lipinski definition) is 4. The third kappa shape index (κ3) is 10.9. The lowest BCUT2D eigenvalue weighted by Gasteiger charge is -2.16. The molecule has 0 aromatic rings. The van der Waals surface area contributed by atoms with Crippen LogP contribution >= 0.6 is 0 Å². The van der Waals surface area contributed by atoms with E-state index in [2.05, 4.69) is 17.2 Å². The summed E-state index contributed by atoms with van der Waals surface area (Å²) in [6.07, 6.45) is 4.63. The molecular formula is C17H31N3O5. The Kier molecular flexibility index (Phi) is 11.9. The molecule has 0 aliphatic carbocycles. The van der Waals surface area contributed by atoms with Gasteiger partial charge in [0.15, 0.2) is 0 Å². The maximum atomic E-state index is 11.3. The topological polar surface area (TPSA) is 103 Å². The van der Waals surface area contributed by atoms with E-state index in [1.165, 1.54) is 0 Å². The van der Waals surface area contributed by atoms with Crippen LogP contribution in [0.5, 0.6) is 0 Å². The second-order valence-electron chi connectivity index (χ2n) is 5.80. The second kappa shape index (κ2) is 13.8. The van der Waals surface area contributed by atoms with E-state index in [1.807, 2.05) is 12.2 Å². The van der Waals surface area contributed by atoms with E-state index < -0.39 is 12.2 Å². The Bertz CT molecular complexity index is 406. The largest absolute Gasteiger partial charge is 0.390 e. The summed E-state index contributed by atoms with van der Waals surface area (Å²) < 4.78 is 10.5. The van der Waals surface area contributed by atoms with Crippen LogP contribution in [0, 0.1) is 0 Å². The van der Waals surface area contributed by atoms with E-state index in [9.17, 15) is 15.0 Å². The maximum Gasteiger partial charge on any atom is 0.317 e. The molecule has 1 aliphatic rings. The summed E-state index contributed by atoms with van der Waals surface area (Å²) in [6, 6.07) is -0.0325. The molecule has 1 heterocycles. The second-order valence-corrected chi connectivity index (χ2v) is 5.80. The summed E-state index contributed by atoms with van der Waals surface area (Å²) >= 11 is 0. The number of nitrogens with zero attached hydrogens (tertiary/aromatic N) is 1. The minimum Gasteiger partial charge on any atom is -0.390 e. The monoisotopic (exact) mass is 357 g/mol. The van der Waals surface area contributed by atoms with E-state index in [0.717, 1.165) is 6.54 Å². The van der Waals surface area contributed by atoms with Crippen molar-refractivity contribution in [3.05, 3.63) is 24.8 Å². The highest BCUT2D eigenvalue weighted by molar-refractivity contribution is 5.76. The standard InChI is InChI=1S/C17H31N3O5/c1-2-10-24-13-15(21)5-3-4-11-25-14-16(22)12-18-6-8-20-9-7-19-17(20)23/h2-4,15-16,18,21-22H,1,5-14H2,(H,19,23). The van der Waals surface area contributed by atoms with Gasteiger partial charge in [-0.15, -0.1) is 6.58 Å². The fourth-order valence-electron chi connectivity index (χ4n) is 2.22. The fourth-order valence-corrected chi connectivity index (χ4v) is 2.22. The van der Waals surface area contributed by atoms with Gasteiger partial charge in [-0.3, -0.25) is 0 Å². The number of aliphatic hydroxyl groups is 2. The molecule has 25 heavy (non-hydrogen) atoms. The average molecular weight is 357 g/mol. The van der Waals surface area contributed by atoms with Crippen molar-refractivity contribution in [1.82, 2.24) is 15.5 Å². The van der Waals surface area contributed by atoms with Crippen LogP contribution in [0.25, 0.3) is 0 Å². The molecule has 0 radical (unpaired) electrons. The molecular weight excluding hydrogens is 326 g/mol. The summed E-state index contributed by atoms with van der Waals surface area (Å²) in [5, 5.41) is 25.2. The van der Waals surface area contributed by atoms with Crippen molar-refractivity contribution in [3.63, 3.8) is 0 Å². The van der Waals surface area contributed by atoms with Crippen molar-refractivity contribution in [2.24, 2.45) is 0 Å². The van der Waals surface area contributed by atoms with Crippen molar-refractivity contribution in [2.75, 3.05) is 59.2 Å². The van der Waals surface area contributed by atoms with Gasteiger partial charge in [-0.05, 0) is 6.42 Å². The molecule has 0 aromatic carbocycles. The van der Waals surface area contributed by atoms with Gasteiger partial charge in [0.2, 0.25) is 0 Å². The lowest BCUT2D eigenvalue weighted by atomic mass is 10.2. The first-order chi connectivity index (χ1) is 12.1. The molecule has 1 fully saturated rings. The number of ether oxygens (including phenoxy) is 2. The highest BCUT2D eigenvalue weighted by atomic mass is 16.5. The molecule has 1 aliphatic heterocycles. The zero-order chi connectivity index (χ0) is 18.3. The van der Waals surface area contributed by atoms with E-state index in [4.69, 9.17) is 9.47 Å². The van der Waals surface area contributed by atoms with Crippen LogP contribution in [0.4, 0.5) is 4.79 Å². The van der Waals surface area contributed by atoms with Gasteiger partial charge >= 0.3 is 6.03 Å². The number of carbonyl (C=O) groups excluding carboxylic acids is 1. The molecule has 0 aromatic heterocycles. The fraction of sp³-hybridized carbons (Fsp3) is 0.706. The number of carbonyl (C=O) groups is 1. The Balaban J connectivity index is 1.92. The van der Waals surface area contributed by atoms with Gasteiger partial charge in [0.05, 0.1) is 38.6 Å². The summed E-state index contributed by atoms with van der Waals surface area (Å²) in [5.74, 6) is 0. The SMILES string of the molecule is C=CCOCC(O)CC=CCOCC(O)CNCCN1CCNC1=O. The predicted octanol–water partition coefficient (Wildman–Crippen LogP) is -0.511. The van der Waals surface area contributed by atoms with Gasteiger partial charge in [0.25, 0.3) is 0 Å². The highest BCUT2D eigenvalue weighted by Gasteiger charge is 2.18. The van der Waals surface area contributed by atoms with Crippen LogP contribution in [0.15, 0.2) is 24.8 Å². The molecule has 2 amide bonds. The van der Waals surface area contributed by atoms with Crippen LogP contribution in [0.3, 0.4) is 0 Å². The molecule has 0 saturated carbocycles. The summed E-state index contributed by atoms with van der Waals surface area (Å²) in [5.41, 5.74) is 0. The molecule has 1 saturated heterocycles. The number of aliphatic hydroxyl groups excluding tert-OH is 2. The molecule has 8 heteroatoms. The quantitative estimate of drug-likeness (QED) is 0.232. The van der Waals surface area contributed by atoms with Crippen molar-refractivity contribution in [2.45, 2.75) is 18.6 Å². The Morgan fingerprint density at radius 2 is 2.00 bits per heavy atom. The van der Waals surface area contributed by atoms with Crippen LogP contribution < -0.4 is 10.6 Å². The van der Waals surface area contributed by atoms with Gasteiger partial charge in [0, 0.05) is 32.7 Å². The number of hydrogen-bond acceptors (Lipinski definition) is 6. The summed E-state index contributed by atoms with van der Waals surface area (Å²) in [6.45, 7) is 7.95. The zero-order valence-corrected chi connectivity index (χ0v) is 14.7. The molecule has 144 valence electrons. The molecule has 0 spiro atoms.